The molecule has 2 aromatic rings. The summed E-state index contributed by atoms with van der Waals surface area (Å²) in [5.41, 5.74) is 3.43. The van der Waals surface area contributed by atoms with Crippen molar-refractivity contribution < 1.29 is 0 Å². The number of aryl methyl sites for hydroxylation is 1. The summed E-state index contributed by atoms with van der Waals surface area (Å²) in [7, 11) is 0. The molecule has 0 aliphatic carbocycles. The quantitative estimate of drug-likeness (QED) is 0.647. The summed E-state index contributed by atoms with van der Waals surface area (Å²) in [6, 6.07) is 16.3. The van der Waals surface area contributed by atoms with Gasteiger partial charge in [0, 0.05) is 5.02 Å². The zero-order valence-corrected chi connectivity index (χ0v) is 9.91. The van der Waals surface area contributed by atoms with Crippen LogP contribution in [0.25, 0.3) is 12.2 Å². The van der Waals surface area contributed by atoms with Crippen molar-refractivity contribution >= 4 is 23.8 Å². The number of hydrogen-bond donors (Lipinski definition) is 0. The molecule has 0 bridgehead atoms. The van der Waals surface area contributed by atoms with Crippen LogP contribution >= 0.6 is 11.6 Å². The van der Waals surface area contributed by atoms with E-state index in [9.17, 15) is 0 Å². The third-order valence-corrected chi connectivity index (χ3v) is 2.87. The highest BCUT2D eigenvalue weighted by atomic mass is 35.5. The summed E-state index contributed by atoms with van der Waals surface area (Å²) in [6.45, 7) is 2.01. The summed E-state index contributed by atoms with van der Waals surface area (Å²) < 4.78 is 0. The van der Waals surface area contributed by atoms with Crippen molar-refractivity contribution in [2.75, 3.05) is 0 Å². The van der Waals surface area contributed by atoms with E-state index in [-0.39, 0.29) is 0 Å². The minimum absolute atomic E-state index is 0.815. The fourth-order valence-electron chi connectivity index (χ4n) is 1.47. The highest BCUT2D eigenvalue weighted by molar-refractivity contribution is 6.31. The molecule has 0 aliphatic heterocycles. The van der Waals surface area contributed by atoms with E-state index in [4.69, 9.17) is 11.6 Å². The molecule has 0 atom stereocenters. The molecular formula is C15H13Cl. The minimum atomic E-state index is 0.815. The minimum Gasteiger partial charge on any atom is -0.0840 e. The molecule has 0 amide bonds. The number of hydrogen-bond acceptors (Lipinski definition) is 0. The van der Waals surface area contributed by atoms with Gasteiger partial charge in [-0.25, -0.2) is 0 Å². The summed E-state index contributed by atoms with van der Waals surface area (Å²) >= 11 is 6.06. The van der Waals surface area contributed by atoms with Crippen molar-refractivity contribution in [3.05, 3.63) is 70.2 Å². The highest BCUT2D eigenvalue weighted by Gasteiger charge is 1.94. The lowest BCUT2D eigenvalue weighted by molar-refractivity contribution is 1.46. The van der Waals surface area contributed by atoms with Crippen LogP contribution in [0.3, 0.4) is 0 Å². The van der Waals surface area contributed by atoms with Gasteiger partial charge in [-0.15, -0.1) is 0 Å². The smallest absolute Gasteiger partial charge is 0.0441 e. The topological polar surface area (TPSA) is 0 Å². The Bertz CT molecular complexity index is 498. The molecule has 16 heavy (non-hydrogen) atoms. The zero-order valence-electron chi connectivity index (χ0n) is 9.15. The molecule has 0 unspecified atom stereocenters. The Balaban J connectivity index is 2.21. The SMILES string of the molecule is Cc1ccc(/C=C/c2ccccc2)cc1Cl. The molecule has 0 spiro atoms. The molecule has 2 aromatic carbocycles. The maximum absolute atomic E-state index is 6.06. The normalized spacial score (nSPS) is 10.9. The van der Waals surface area contributed by atoms with Crippen molar-refractivity contribution in [2.24, 2.45) is 0 Å². The Morgan fingerprint density at radius 1 is 0.875 bits per heavy atom. The maximum Gasteiger partial charge on any atom is 0.0441 e. The van der Waals surface area contributed by atoms with Crippen molar-refractivity contribution in [2.45, 2.75) is 6.92 Å². The van der Waals surface area contributed by atoms with Crippen molar-refractivity contribution in [1.82, 2.24) is 0 Å². The predicted molar refractivity (Wildman–Crippen MR) is 71.6 cm³/mol. The van der Waals surface area contributed by atoms with Gasteiger partial charge in [0.15, 0.2) is 0 Å². The largest absolute Gasteiger partial charge is 0.0840 e. The molecule has 1 heteroatoms. The van der Waals surface area contributed by atoms with Gasteiger partial charge in [0.2, 0.25) is 0 Å². The average Bonchev–Trinajstić information content (AvgIpc) is 2.32. The van der Waals surface area contributed by atoms with Gasteiger partial charge >= 0.3 is 0 Å². The third kappa shape index (κ3) is 2.74. The van der Waals surface area contributed by atoms with Gasteiger partial charge in [-0.3, -0.25) is 0 Å². The first-order valence-corrected chi connectivity index (χ1v) is 5.63. The number of rotatable bonds is 2. The van der Waals surface area contributed by atoms with Crippen LogP contribution in [-0.4, -0.2) is 0 Å². The molecule has 0 radical (unpaired) electrons. The monoisotopic (exact) mass is 228 g/mol. The van der Waals surface area contributed by atoms with Gasteiger partial charge in [-0.2, -0.15) is 0 Å². The number of halogens is 1. The summed E-state index contributed by atoms with van der Waals surface area (Å²) in [6.07, 6.45) is 4.15. The second-order valence-electron chi connectivity index (χ2n) is 3.75. The Labute approximate surface area is 101 Å². The molecule has 0 aliphatic rings. The maximum atomic E-state index is 6.06. The fraction of sp³-hybridized carbons (Fsp3) is 0.0667. The van der Waals surface area contributed by atoms with Crippen molar-refractivity contribution in [3.8, 4) is 0 Å². The van der Waals surface area contributed by atoms with Crippen LogP contribution in [-0.2, 0) is 0 Å². The summed E-state index contributed by atoms with van der Waals surface area (Å²) in [5.74, 6) is 0. The van der Waals surface area contributed by atoms with Crippen molar-refractivity contribution in [1.29, 1.82) is 0 Å². The first-order valence-electron chi connectivity index (χ1n) is 5.25. The van der Waals surface area contributed by atoms with Crippen LogP contribution in [0.4, 0.5) is 0 Å². The van der Waals surface area contributed by atoms with Crippen LogP contribution in [0.5, 0.6) is 0 Å². The number of benzene rings is 2. The molecule has 0 aromatic heterocycles. The molecule has 0 saturated carbocycles. The fourth-order valence-corrected chi connectivity index (χ4v) is 1.66. The first-order chi connectivity index (χ1) is 7.75. The molecule has 0 saturated heterocycles. The van der Waals surface area contributed by atoms with Crippen LogP contribution in [0.15, 0.2) is 48.5 Å². The lowest BCUT2D eigenvalue weighted by atomic mass is 10.1. The van der Waals surface area contributed by atoms with Crippen LogP contribution < -0.4 is 0 Å². The van der Waals surface area contributed by atoms with Gasteiger partial charge in [-0.1, -0.05) is 66.2 Å². The standard InChI is InChI=1S/C15H13Cl/c1-12-7-8-14(11-15(12)16)10-9-13-5-3-2-4-6-13/h2-11H,1H3/b10-9+. The van der Waals surface area contributed by atoms with E-state index in [0.717, 1.165) is 16.1 Å². The van der Waals surface area contributed by atoms with E-state index in [1.165, 1.54) is 5.56 Å². The van der Waals surface area contributed by atoms with Crippen LogP contribution in [0.2, 0.25) is 5.02 Å². The molecule has 80 valence electrons. The van der Waals surface area contributed by atoms with Crippen LogP contribution in [0, 0.1) is 6.92 Å². The van der Waals surface area contributed by atoms with E-state index in [0.29, 0.717) is 0 Å². The zero-order chi connectivity index (χ0) is 11.4. The van der Waals surface area contributed by atoms with Gasteiger partial charge < -0.3 is 0 Å². The average molecular weight is 229 g/mol. The Kier molecular flexibility index (Phi) is 3.43. The Morgan fingerprint density at radius 2 is 1.56 bits per heavy atom. The molecule has 0 fully saturated rings. The molecular weight excluding hydrogens is 216 g/mol. The van der Waals surface area contributed by atoms with Crippen molar-refractivity contribution in [3.63, 3.8) is 0 Å². The van der Waals surface area contributed by atoms with E-state index in [2.05, 4.69) is 30.4 Å². The second kappa shape index (κ2) is 5.00. The van der Waals surface area contributed by atoms with Gasteiger partial charge in [0.1, 0.15) is 0 Å². The predicted octanol–water partition coefficient (Wildman–Crippen LogP) is 4.82. The molecule has 0 heterocycles. The lowest BCUT2D eigenvalue weighted by Gasteiger charge is -1.99. The van der Waals surface area contributed by atoms with Gasteiger partial charge in [-0.05, 0) is 29.7 Å². The lowest BCUT2D eigenvalue weighted by Crippen LogP contribution is -1.77. The third-order valence-electron chi connectivity index (χ3n) is 2.46. The highest BCUT2D eigenvalue weighted by Crippen LogP contribution is 2.18. The van der Waals surface area contributed by atoms with E-state index >= 15 is 0 Å². The molecule has 0 nitrogen and oxygen atoms in total. The Morgan fingerprint density at radius 3 is 2.25 bits per heavy atom. The summed E-state index contributed by atoms with van der Waals surface area (Å²) in [5, 5.41) is 0.815. The molecule has 0 N–H and O–H groups in total. The van der Waals surface area contributed by atoms with Gasteiger partial charge in [0.25, 0.3) is 0 Å². The molecule has 2 rings (SSSR count). The first kappa shape index (κ1) is 11.0. The second-order valence-corrected chi connectivity index (χ2v) is 4.16. The Hall–Kier alpha value is -1.53. The summed E-state index contributed by atoms with van der Waals surface area (Å²) in [4.78, 5) is 0. The van der Waals surface area contributed by atoms with Gasteiger partial charge in [0.05, 0.1) is 0 Å². The van der Waals surface area contributed by atoms with E-state index in [1.54, 1.807) is 0 Å². The van der Waals surface area contributed by atoms with E-state index in [1.807, 2.05) is 37.3 Å². The van der Waals surface area contributed by atoms with E-state index < -0.39 is 0 Å². The van der Waals surface area contributed by atoms with Crippen LogP contribution in [0.1, 0.15) is 16.7 Å².